The van der Waals surface area contributed by atoms with E-state index in [0.29, 0.717) is 30.7 Å². The molecule has 0 radical (unpaired) electrons. The van der Waals surface area contributed by atoms with E-state index in [1.54, 1.807) is 0 Å². The van der Waals surface area contributed by atoms with E-state index in [0.717, 1.165) is 32.1 Å². The first kappa shape index (κ1) is 20.5. The lowest BCUT2D eigenvalue weighted by atomic mass is 9.87. The largest absolute Gasteiger partial charge is 0.469 e. The number of hydrogen-bond donors (Lipinski definition) is 1. The van der Waals surface area contributed by atoms with Gasteiger partial charge in [-0.3, -0.25) is 9.59 Å². The fourth-order valence-corrected chi connectivity index (χ4v) is 4.21. The van der Waals surface area contributed by atoms with Gasteiger partial charge in [0.1, 0.15) is 5.78 Å². The van der Waals surface area contributed by atoms with Crippen molar-refractivity contribution >= 4 is 24.4 Å². The molecule has 1 aromatic rings. The van der Waals surface area contributed by atoms with Crippen molar-refractivity contribution in [3.8, 4) is 6.07 Å². The highest BCUT2D eigenvalue weighted by atomic mass is 32.1. The summed E-state index contributed by atoms with van der Waals surface area (Å²) in [5.74, 6) is 0.412. The first-order valence-corrected chi connectivity index (χ1v) is 9.79. The summed E-state index contributed by atoms with van der Waals surface area (Å²) < 4.78 is 4.77. The molecule has 1 fully saturated rings. The maximum Gasteiger partial charge on any atom is 0.305 e. The lowest BCUT2D eigenvalue weighted by Gasteiger charge is -2.23. The van der Waals surface area contributed by atoms with Gasteiger partial charge in [-0.2, -0.15) is 17.9 Å². The molecular formula is C21H27NO3S. The van der Waals surface area contributed by atoms with E-state index in [9.17, 15) is 9.59 Å². The minimum Gasteiger partial charge on any atom is -0.469 e. The van der Waals surface area contributed by atoms with Gasteiger partial charge in [0, 0.05) is 24.5 Å². The van der Waals surface area contributed by atoms with Gasteiger partial charge in [-0.25, -0.2) is 0 Å². The van der Waals surface area contributed by atoms with Crippen LogP contribution >= 0.6 is 12.6 Å². The van der Waals surface area contributed by atoms with E-state index < -0.39 is 0 Å². The number of ether oxygens (including phenoxy) is 1. The van der Waals surface area contributed by atoms with Crippen molar-refractivity contribution in [1.29, 1.82) is 5.26 Å². The first-order valence-electron chi connectivity index (χ1n) is 9.27. The molecule has 0 spiro atoms. The van der Waals surface area contributed by atoms with E-state index in [1.807, 2.05) is 24.3 Å². The number of rotatable bonds is 7. The Bertz CT molecular complexity index is 648. The molecule has 1 aliphatic carbocycles. The molecule has 3 atom stereocenters. The molecule has 0 saturated heterocycles. The quantitative estimate of drug-likeness (QED) is 0.338. The fraction of sp³-hybridized carbons (Fsp3) is 0.571. The molecule has 4 nitrogen and oxygen atoms in total. The topological polar surface area (TPSA) is 67.2 Å². The summed E-state index contributed by atoms with van der Waals surface area (Å²) in [6.45, 7) is 0. The zero-order chi connectivity index (χ0) is 18.9. The highest BCUT2D eigenvalue weighted by Gasteiger charge is 2.31. The van der Waals surface area contributed by atoms with Crippen LogP contribution in [-0.2, 0) is 20.7 Å². The summed E-state index contributed by atoms with van der Waals surface area (Å²) >= 11 is 4.67. The fourth-order valence-electron chi connectivity index (χ4n) is 3.74. The second-order valence-electron chi connectivity index (χ2n) is 7.21. The number of Topliss-reactive ketones (excluding diaryl/α,β-unsaturated/α-hetero) is 1. The van der Waals surface area contributed by atoms with Gasteiger partial charge in [0.15, 0.2) is 0 Å². The van der Waals surface area contributed by atoms with Crippen molar-refractivity contribution in [3.05, 3.63) is 35.4 Å². The van der Waals surface area contributed by atoms with Crippen LogP contribution in [0.25, 0.3) is 0 Å². The number of ketones is 1. The van der Waals surface area contributed by atoms with E-state index in [4.69, 9.17) is 10.00 Å². The van der Waals surface area contributed by atoms with E-state index >= 15 is 0 Å². The summed E-state index contributed by atoms with van der Waals surface area (Å²) in [5, 5.41) is 8.92. The average Bonchev–Trinajstić information content (AvgIpc) is 2.76. The Morgan fingerprint density at radius 2 is 2.00 bits per heavy atom. The number of methoxy groups -OCH3 is 1. The van der Waals surface area contributed by atoms with Gasteiger partial charge in [-0.1, -0.05) is 18.6 Å². The number of esters is 1. The summed E-state index contributed by atoms with van der Waals surface area (Å²) in [6, 6.07) is 9.86. The number of benzene rings is 1. The monoisotopic (exact) mass is 373 g/mol. The van der Waals surface area contributed by atoms with Gasteiger partial charge in [-0.15, -0.1) is 0 Å². The predicted octanol–water partition coefficient (Wildman–Crippen LogP) is 4.12. The number of carbonyl (C=O) groups excluding carboxylic acids is 2. The third kappa shape index (κ3) is 6.49. The molecule has 0 unspecified atom stereocenters. The van der Waals surface area contributed by atoms with E-state index in [2.05, 4.69) is 18.7 Å². The highest BCUT2D eigenvalue weighted by molar-refractivity contribution is 7.81. The standard InChI is InChI=1S/C21H27NO3S/c1-25-21(24)12-17-10-18(20(26)13-19(23)11-17)5-3-2-4-15-6-8-16(14-22)9-7-15/h6-9,17-18,20,26H,2-5,10-13H2,1H3/t17-,18+,20+/m0/s1. The highest BCUT2D eigenvalue weighted by Crippen LogP contribution is 2.34. The van der Waals surface area contributed by atoms with E-state index in [-0.39, 0.29) is 22.9 Å². The molecule has 0 aromatic heterocycles. The third-order valence-electron chi connectivity index (χ3n) is 5.19. The van der Waals surface area contributed by atoms with Gasteiger partial charge in [0.25, 0.3) is 0 Å². The molecule has 1 aliphatic rings. The summed E-state index contributed by atoms with van der Waals surface area (Å²) in [7, 11) is 1.39. The third-order valence-corrected chi connectivity index (χ3v) is 5.79. The number of hydrogen-bond acceptors (Lipinski definition) is 5. The van der Waals surface area contributed by atoms with Gasteiger partial charge in [0.05, 0.1) is 18.7 Å². The van der Waals surface area contributed by atoms with Gasteiger partial charge in [-0.05, 0) is 55.2 Å². The molecule has 0 amide bonds. The lowest BCUT2D eigenvalue weighted by molar-refractivity contribution is -0.141. The van der Waals surface area contributed by atoms with Crippen LogP contribution in [0.15, 0.2) is 24.3 Å². The van der Waals surface area contributed by atoms with Crippen LogP contribution in [0.5, 0.6) is 0 Å². The van der Waals surface area contributed by atoms with Crippen LogP contribution in [0.4, 0.5) is 0 Å². The molecular weight excluding hydrogens is 346 g/mol. The molecule has 0 heterocycles. The van der Waals surface area contributed by atoms with Gasteiger partial charge < -0.3 is 4.74 Å². The van der Waals surface area contributed by atoms with Crippen molar-refractivity contribution in [3.63, 3.8) is 0 Å². The minimum absolute atomic E-state index is 0.0793. The van der Waals surface area contributed by atoms with Gasteiger partial charge >= 0.3 is 5.97 Å². The Morgan fingerprint density at radius 1 is 1.27 bits per heavy atom. The number of nitrogens with zero attached hydrogens (tertiary/aromatic N) is 1. The Morgan fingerprint density at radius 3 is 2.65 bits per heavy atom. The molecule has 140 valence electrons. The summed E-state index contributed by atoms with van der Waals surface area (Å²) in [4.78, 5) is 23.6. The molecule has 26 heavy (non-hydrogen) atoms. The zero-order valence-corrected chi connectivity index (χ0v) is 16.2. The molecule has 1 saturated carbocycles. The second-order valence-corrected chi connectivity index (χ2v) is 7.87. The Labute approximate surface area is 161 Å². The molecule has 5 heteroatoms. The number of carbonyl (C=O) groups is 2. The Kier molecular flexibility index (Phi) is 8.18. The number of thiol groups is 1. The van der Waals surface area contributed by atoms with Crippen molar-refractivity contribution in [2.24, 2.45) is 11.8 Å². The number of nitriles is 1. The van der Waals surface area contributed by atoms with Crippen LogP contribution in [0, 0.1) is 23.2 Å². The van der Waals surface area contributed by atoms with Crippen LogP contribution in [-0.4, -0.2) is 24.1 Å². The molecule has 0 N–H and O–H groups in total. The van der Waals surface area contributed by atoms with Crippen LogP contribution in [0.1, 0.15) is 56.1 Å². The second kappa shape index (κ2) is 10.4. The molecule has 2 rings (SSSR count). The molecule has 1 aromatic carbocycles. The van der Waals surface area contributed by atoms with E-state index in [1.165, 1.54) is 12.7 Å². The van der Waals surface area contributed by atoms with Crippen LogP contribution in [0.3, 0.4) is 0 Å². The minimum atomic E-state index is -0.236. The maximum atomic E-state index is 12.1. The molecule has 0 aliphatic heterocycles. The van der Waals surface area contributed by atoms with Crippen molar-refractivity contribution in [2.75, 3.05) is 7.11 Å². The van der Waals surface area contributed by atoms with Crippen molar-refractivity contribution < 1.29 is 14.3 Å². The summed E-state index contributed by atoms with van der Waals surface area (Å²) in [6.07, 6.45) is 6.31. The van der Waals surface area contributed by atoms with Crippen LogP contribution in [0.2, 0.25) is 0 Å². The normalized spacial score (nSPS) is 23.1. The number of aryl methyl sites for hydroxylation is 1. The summed E-state index contributed by atoms with van der Waals surface area (Å²) in [5.41, 5.74) is 1.93. The zero-order valence-electron chi connectivity index (χ0n) is 15.3. The maximum absolute atomic E-state index is 12.1. The number of unbranched alkanes of at least 4 members (excludes halogenated alkanes) is 1. The van der Waals surface area contributed by atoms with Gasteiger partial charge in [0.2, 0.25) is 0 Å². The van der Waals surface area contributed by atoms with Crippen LogP contribution < -0.4 is 0 Å². The molecule has 0 bridgehead atoms. The first-order chi connectivity index (χ1) is 12.5. The van der Waals surface area contributed by atoms with Crippen molar-refractivity contribution in [2.45, 2.75) is 56.6 Å². The average molecular weight is 374 g/mol. The lowest BCUT2D eigenvalue weighted by Crippen LogP contribution is -2.18. The Hall–Kier alpha value is -1.80. The Balaban J connectivity index is 1.82. The predicted molar refractivity (Wildman–Crippen MR) is 104 cm³/mol. The smallest absolute Gasteiger partial charge is 0.305 e. The van der Waals surface area contributed by atoms with Crippen molar-refractivity contribution in [1.82, 2.24) is 0 Å². The SMILES string of the molecule is COC(=O)C[C@@H]1CC(=O)C[C@@H](S)[C@H](CCCCc2ccc(C#N)cc2)C1.